The monoisotopic (exact) mass is 385 g/mol. The molecule has 8 heteroatoms. The molecule has 0 aliphatic carbocycles. The molecule has 0 radical (unpaired) electrons. The van der Waals surface area contributed by atoms with E-state index in [-0.39, 0.29) is 16.9 Å². The van der Waals surface area contributed by atoms with Crippen LogP contribution in [0.15, 0.2) is 30.3 Å². The Morgan fingerprint density at radius 2 is 1.92 bits per heavy atom. The van der Waals surface area contributed by atoms with Crippen LogP contribution in [0.2, 0.25) is 10.0 Å². The standard InChI is InChI=1S/C16H13Cl2NO4S/c17-11-2-1-9(7-12(11)18)23-10-5-6-19(8-10)15(20)13-3-4-14(24-13)16(21)22/h1-4,7,10H,5-6,8H2,(H,21,22). The molecule has 24 heavy (non-hydrogen) atoms. The lowest BCUT2D eigenvalue weighted by atomic mass is 10.3. The van der Waals surface area contributed by atoms with Crippen molar-refractivity contribution in [2.75, 3.05) is 13.1 Å². The number of hydrogen-bond donors (Lipinski definition) is 1. The van der Waals surface area contributed by atoms with Crippen molar-refractivity contribution in [3.05, 3.63) is 50.1 Å². The van der Waals surface area contributed by atoms with Crippen LogP contribution in [0.3, 0.4) is 0 Å². The van der Waals surface area contributed by atoms with Crippen LogP contribution in [0.25, 0.3) is 0 Å². The van der Waals surface area contributed by atoms with Gasteiger partial charge in [-0.3, -0.25) is 4.79 Å². The summed E-state index contributed by atoms with van der Waals surface area (Å²) in [5, 5.41) is 9.81. The molecule has 3 rings (SSSR count). The number of rotatable bonds is 4. The van der Waals surface area contributed by atoms with Gasteiger partial charge in [-0.15, -0.1) is 11.3 Å². The molecular formula is C16H13Cl2NO4S. The predicted molar refractivity (Wildman–Crippen MR) is 92.7 cm³/mol. The highest BCUT2D eigenvalue weighted by molar-refractivity contribution is 7.15. The van der Waals surface area contributed by atoms with Crippen LogP contribution in [0, 0.1) is 0 Å². The molecule has 1 amide bonds. The lowest BCUT2D eigenvalue weighted by molar-refractivity contribution is 0.0701. The smallest absolute Gasteiger partial charge is 0.345 e. The summed E-state index contributed by atoms with van der Waals surface area (Å²) in [6.07, 6.45) is 0.563. The van der Waals surface area contributed by atoms with Crippen molar-refractivity contribution in [2.45, 2.75) is 12.5 Å². The SMILES string of the molecule is O=C(O)c1ccc(C(=O)N2CCC(Oc3ccc(Cl)c(Cl)c3)C2)s1. The molecule has 2 heterocycles. The molecule has 0 bridgehead atoms. The number of carbonyl (C=O) groups is 2. The summed E-state index contributed by atoms with van der Waals surface area (Å²) in [7, 11) is 0. The van der Waals surface area contributed by atoms with E-state index in [1.165, 1.54) is 6.07 Å². The average Bonchev–Trinajstić information content (AvgIpc) is 3.20. The van der Waals surface area contributed by atoms with E-state index in [0.29, 0.717) is 40.2 Å². The summed E-state index contributed by atoms with van der Waals surface area (Å²) in [5.41, 5.74) is 0. The third-order valence-electron chi connectivity index (χ3n) is 3.65. The molecular weight excluding hydrogens is 373 g/mol. The average molecular weight is 386 g/mol. The lowest BCUT2D eigenvalue weighted by Crippen LogP contribution is -2.30. The summed E-state index contributed by atoms with van der Waals surface area (Å²) in [6.45, 7) is 1.00. The molecule has 1 unspecified atom stereocenters. The minimum Gasteiger partial charge on any atom is -0.488 e. The zero-order chi connectivity index (χ0) is 17.3. The van der Waals surface area contributed by atoms with Crippen molar-refractivity contribution >= 4 is 46.4 Å². The minimum atomic E-state index is -1.03. The van der Waals surface area contributed by atoms with Crippen LogP contribution >= 0.6 is 34.5 Å². The predicted octanol–water partition coefficient (Wildman–Crippen LogP) is 4.05. The second-order valence-corrected chi connectivity index (χ2v) is 7.22. The molecule has 1 atom stereocenters. The van der Waals surface area contributed by atoms with E-state index < -0.39 is 5.97 Å². The first-order valence-corrected chi connectivity index (χ1v) is 8.75. The number of likely N-dealkylation sites (tertiary alicyclic amines) is 1. The molecule has 0 saturated carbocycles. The number of nitrogens with zero attached hydrogens (tertiary/aromatic N) is 1. The summed E-state index contributed by atoms with van der Waals surface area (Å²) in [4.78, 5) is 25.6. The zero-order valence-electron chi connectivity index (χ0n) is 12.4. The molecule has 126 valence electrons. The maximum absolute atomic E-state index is 12.4. The van der Waals surface area contributed by atoms with E-state index in [4.69, 9.17) is 33.0 Å². The van der Waals surface area contributed by atoms with E-state index in [1.807, 2.05) is 0 Å². The Labute approximate surface area is 152 Å². The topological polar surface area (TPSA) is 66.8 Å². The van der Waals surface area contributed by atoms with Crippen LogP contribution in [0.1, 0.15) is 25.8 Å². The van der Waals surface area contributed by atoms with Gasteiger partial charge in [0, 0.05) is 19.0 Å². The lowest BCUT2D eigenvalue weighted by Gasteiger charge is -2.16. The number of benzene rings is 1. The number of amides is 1. The Morgan fingerprint density at radius 3 is 2.58 bits per heavy atom. The van der Waals surface area contributed by atoms with Crippen LogP contribution in [0.5, 0.6) is 5.75 Å². The Bertz CT molecular complexity index is 792. The Hall–Kier alpha value is -1.76. The summed E-state index contributed by atoms with van der Waals surface area (Å²) in [6, 6.07) is 8.03. The maximum atomic E-state index is 12.4. The highest BCUT2D eigenvalue weighted by Crippen LogP contribution is 2.28. The van der Waals surface area contributed by atoms with Crippen molar-refractivity contribution in [1.29, 1.82) is 0 Å². The molecule has 0 spiro atoms. The molecule has 5 nitrogen and oxygen atoms in total. The van der Waals surface area contributed by atoms with Crippen LogP contribution in [-0.4, -0.2) is 41.1 Å². The van der Waals surface area contributed by atoms with Gasteiger partial charge in [0.25, 0.3) is 5.91 Å². The largest absolute Gasteiger partial charge is 0.488 e. The number of ether oxygens (including phenoxy) is 1. The Kier molecular flexibility index (Phi) is 4.99. The first-order chi connectivity index (χ1) is 11.4. The van der Waals surface area contributed by atoms with E-state index in [1.54, 1.807) is 29.2 Å². The number of carboxylic acids is 1. The van der Waals surface area contributed by atoms with E-state index in [0.717, 1.165) is 11.3 Å². The summed E-state index contributed by atoms with van der Waals surface area (Å²) in [5.74, 6) is -0.595. The maximum Gasteiger partial charge on any atom is 0.345 e. The van der Waals surface area contributed by atoms with Crippen molar-refractivity contribution in [3.8, 4) is 5.75 Å². The Balaban J connectivity index is 1.62. The fraction of sp³-hybridized carbons (Fsp3) is 0.250. The minimum absolute atomic E-state index is 0.134. The molecule has 1 aliphatic rings. The number of aromatic carboxylic acids is 1. The van der Waals surface area contributed by atoms with Gasteiger partial charge in [-0.05, 0) is 24.3 Å². The number of carbonyl (C=O) groups excluding carboxylic acids is 1. The Morgan fingerprint density at radius 1 is 1.17 bits per heavy atom. The number of carboxylic acid groups (broad SMARTS) is 1. The quantitative estimate of drug-likeness (QED) is 0.861. The number of hydrogen-bond acceptors (Lipinski definition) is 4. The fourth-order valence-corrected chi connectivity index (χ4v) is 3.58. The summed E-state index contributed by atoms with van der Waals surface area (Å²) >= 11 is 12.8. The van der Waals surface area contributed by atoms with Gasteiger partial charge >= 0.3 is 5.97 Å². The van der Waals surface area contributed by atoms with Crippen LogP contribution < -0.4 is 4.74 Å². The van der Waals surface area contributed by atoms with Crippen LogP contribution in [-0.2, 0) is 0 Å². The zero-order valence-corrected chi connectivity index (χ0v) is 14.7. The van der Waals surface area contributed by atoms with Gasteiger partial charge in [0.15, 0.2) is 0 Å². The highest BCUT2D eigenvalue weighted by atomic mass is 35.5. The first-order valence-electron chi connectivity index (χ1n) is 7.18. The third-order valence-corrected chi connectivity index (χ3v) is 5.45. The van der Waals surface area contributed by atoms with Gasteiger partial charge in [-0.1, -0.05) is 23.2 Å². The van der Waals surface area contributed by atoms with E-state index in [9.17, 15) is 9.59 Å². The van der Waals surface area contributed by atoms with E-state index >= 15 is 0 Å². The number of thiophene rings is 1. The molecule has 2 aromatic rings. The van der Waals surface area contributed by atoms with Crippen molar-refractivity contribution in [2.24, 2.45) is 0 Å². The van der Waals surface area contributed by atoms with Gasteiger partial charge in [0.1, 0.15) is 16.7 Å². The molecule has 1 saturated heterocycles. The van der Waals surface area contributed by atoms with Gasteiger partial charge in [-0.2, -0.15) is 0 Å². The fourth-order valence-electron chi connectivity index (χ4n) is 2.48. The molecule has 1 aliphatic heterocycles. The van der Waals surface area contributed by atoms with E-state index in [2.05, 4.69) is 0 Å². The van der Waals surface area contributed by atoms with Crippen molar-refractivity contribution in [3.63, 3.8) is 0 Å². The molecule has 1 fully saturated rings. The first kappa shape index (κ1) is 17.1. The van der Waals surface area contributed by atoms with Crippen molar-refractivity contribution in [1.82, 2.24) is 4.90 Å². The normalized spacial score (nSPS) is 17.1. The summed E-state index contributed by atoms with van der Waals surface area (Å²) < 4.78 is 5.84. The second-order valence-electron chi connectivity index (χ2n) is 5.32. The number of halogens is 2. The third kappa shape index (κ3) is 3.66. The molecule has 1 N–H and O–H groups in total. The van der Waals surface area contributed by atoms with Gasteiger partial charge < -0.3 is 14.7 Å². The second kappa shape index (κ2) is 7.01. The highest BCUT2D eigenvalue weighted by Gasteiger charge is 2.29. The van der Waals surface area contributed by atoms with Crippen molar-refractivity contribution < 1.29 is 19.4 Å². The van der Waals surface area contributed by atoms with Gasteiger partial charge in [0.2, 0.25) is 0 Å². The van der Waals surface area contributed by atoms with Crippen LogP contribution in [0.4, 0.5) is 0 Å². The molecule has 1 aromatic carbocycles. The molecule has 1 aromatic heterocycles. The van der Waals surface area contributed by atoms with Gasteiger partial charge in [0.05, 0.1) is 21.5 Å². The van der Waals surface area contributed by atoms with Gasteiger partial charge in [-0.25, -0.2) is 4.79 Å².